The van der Waals surface area contributed by atoms with E-state index in [1.807, 2.05) is 30.3 Å². The molecule has 0 saturated carbocycles. The van der Waals surface area contributed by atoms with E-state index in [0.29, 0.717) is 22.4 Å². The van der Waals surface area contributed by atoms with Crippen LogP contribution in [0.15, 0.2) is 59.8 Å². The Balaban J connectivity index is 1.94. The molecule has 0 aliphatic heterocycles. The van der Waals surface area contributed by atoms with Crippen molar-refractivity contribution in [2.24, 2.45) is 0 Å². The molecule has 0 fully saturated rings. The zero-order valence-electron chi connectivity index (χ0n) is 16.4. The SMILES string of the molecule is CC(Cl)C(=O)NC(C)c1nnc(SCc2ccccc2)n1-c1ccc([N+](=O)[O-])cc1. The molecule has 156 valence electrons. The fourth-order valence-electron chi connectivity index (χ4n) is 2.74. The molecule has 0 aliphatic rings. The molecule has 1 N–H and O–H groups in total. The Bertz CT molecular complexity index is 1020. The Labute approximate surface area is 182 Å². The molecular weight excluding hydrogens is 426 g/mol. The summed E-state index contributed by atoms with van der Waals surface area (Å²) in [5.41, 5.74) is 1.78. The van der Waals surface area contributed by atoms with Gasteiger partial charge in [0.25, 0.3) is 5.69 Å². The Morgan fingerprint density at radius 3 is 2.43 bits per heavy atom. The van der Waals surface area contributed by atoms with Crippen LogP contribution in [0, 0.1) is 10.1 Å². The third-order valence-electron chi connectivity index (χ3n) is 4.30. The molecule has 0 spiro atoms. The van der Waals surface area contributed by atoms with Gasteiger partial charge < -0.3 is 5.32 Å². The minimum atomic E-state index is -0.685. The van der Waals surface area contributed by atoms with Crippen LogP contribution in [0.25, 0.3) is 5.69 Å². The summed E-state index contributed by atoms with van der Waals surface area (Å²) in [6.07, 6.45) is 0. The number of nitrogens with zero attached hydrogens (tertiary/aromatic N) is 4. The lowest BCUT2D eigenvalue weighted by atomic mass is 10.2. The number of carbonyl (C=O) groups is 1. The number of benzene rings is 2. The number of halogens is 1. The van der Waals surface area contributed by atoms with E-state index in [9.17, 15) is 14.9 Å². The third-order valence-corrected chi connectivity index (χ3v) is 5.49. The molecule has 0 radical (unpaired) electrons. The number of rotatable bonds is 8. The van der Waals surface area contributed by atoms with Gasteiger partial charge in [0.05, 0.1) is 11.0 Å². The molecule has 2 aromatic carbocycles. The summed E-state index contributed by atoms with van der Waals surface area (Å²) < 4.78 is 1.79. The minimum Gasteiger partial charge on any atom is -0.345 e. The van der Waals surface area contributed by atoms with Crippen LogP contribution in [-0.4, -0.2) is 31.0 Å². The summed E-state index contributed by atoms with van der Waals surface area (Å²) >= 11 is 7.35. The van der Waals surface area contributed by atoms with Gasteiger partial charge in [0.15, 0.2) is 11.0 Å². The molecule has 10 heteroatoms. The highest BCUT2D eigenvalue weighted by atomic mass is 35.5. The van der Waals surface area contributed by atoms with Gasteiger partial charge in [-0.25, -0.2) is 0 Å². The van der Waals surface area contributed by atoms with Crippen LogP contribution in [0.1, 0.15) is 31.3 Å². The van der Waals surface area contributed by atoms with Gasteiger partial charge in [0.1, 0.15) is 5.38 Å². The fraction of sp³-hybridized carbons (Fsp3) is 0.250. The van der Waals surface area contributed by atoms with Crippen molar-refractivity contribution in [3.8, 4) is 5.69 Å². The second-order valence-electron chi connectivity index (χ2n) is 6.57. The Morgan fingerprint density at radius 1 is 1.17 bits per heavy atom. The monoisotopic (exact) mass is 445 g/mol. The topological polar surface area (TPSA) is 103 Å². The number of nitrogens with one attached hydrogen (secondary N) is 1. The van der Waals surface area contributed by atoms with Crippen LogP contribution in [0.5, 0.6) is 0 Å². The van der Waals surface area contributed by atoms with Gasteiger partial charge >= 0.3 is 0 Å². The first-order valence-electron chi connectivity index (χ1n) is 9.18. The van der Waals surface area contributed by atoms with Gasteiger partial charge in [-0.2, -0.15) is 0 Å². The molecule has 2 atom stereocenters. The largest absolute Gasteiger partial charge is 0.345 e. The van der Waals surface area contributed by atoms with Crippen molar-refractivity contribution < 1.29 is 9.72 Å². The average Bonchev–Trinajstić information content (AvgIpc) is 3.17. The van der Waals surface area contributed by atoms with Crippen molar-refractivity contribution >= 4 is 35.0 Å². The highest BCUT2D eigenvalue weighted by Gasteiger charge is 2.22. The first-order valence-corrected chi connectivity index (χ1v) is 10.6. The van der Waals surface area contributed by atoms with Crippen LogP contribution in [0.3, 0.4) is 0 Å². The Morgan fingerprint density at radius 2 is 1.83 bits per heavy atom. The molecule has 0 aliphatic carbocycles. The maximum Gasteiger partial charge on any atom is 0.269 e. The quantitative estimate of drug-likeness (QED) is 0.240. The van der Waals surface area contributed by atoms with E-state index >= 15 is 0 Å². The van der Waals surface area contributed by atoms with Crippen molar-refractivity contribution in [2.75, 3.05) is 0 Å². The van der Waals surface area contributed by atoms with Crippen molar-refractivity contribution in [3.05, 3.63) is 76.1 Å². The Kier molecular flexibility index (Phi) is 7.07. The van der Waals surface area contributed by atoms with Crippen molar-refractivity contribution in [2.45, 2.75) is 36.2 Å². The predicted octanol–water partition coefficient (Wildman–Crippen LogP) is 4.27. The number of alkyl halides is 1. The molecule has 2 unspecified atom stereocenters. The van der Waals surface area contributed by atoms with Gasteiger partial charge in [0, 0.05) is 23.6 Å². The second kappa shape index (κ2) is 9.73. The van der Waals surface area contributed by atoms with Gasteiger partial charge in [0.2, 0.25) is 5.91 Å². The number of hydrogen-bond acceptors (Lipinski definition) is 6. The third kappa shape index (κ3) is 5.17. The van der Waals surface area contributed by atoms with E-state index in [4.69, 9.17) is 11.6 Å². The smallest absolute Gasteiger partial charge is 0.269 e. The zero-order chi connectivity index (χ0) is 21.7. The maximum atomic E-state index is 12.0. The normalized spacial score (nSPS) is 12.9. The maximum absolute atomic E-state index is 12.0. The van der Waals surface area contributed by atoms with Crippen molar-refractivity contribution in [1.29, 1.82) is 0 Å². The molecule has 3 rings (SSSR count). The Hall–Kier alpha value is -2.91. The van der Waals surface area contributed by atoms with Crippen LogP contribution in [0.2, 0.25) is 0 Å². The lowest BCUT2D eigenvalue weighted by Gasteiger charge is -2.17. The number of non-ortho nitro benzene ring substituents is 1. The van der Waals surface area contributed by atoms with Crippen molar-refractivity contribution in [1.82, 2.24) is 20.1 Å². The molecular formula is C20H20ClN5O3S. The minimum absolute atomic E-state index is 0.0100. The van der Waals surface area contributed by atoms with Crippen molar-refractivity contribution in [3.63, 3.8) is 0 Å². The van der Waals surface area contributed by atoms with Gasteiger partial charge in [-0.15, -0.1) is 21.8 Å². The van der Waals surface area contributed by atoms with E-state index in [-0.39, 0.29) is 11.6 Å². The summed E-state index contributed by atoms with van der Waals surface area (Å²) in [5, 5.41) is 22.3. The summed E-state index contributed by atoms with van der Waals surface area (Å²) in [6.45, 7) is 3.38. The molecule has 3 aromatic rings. The second-order valence-corrected chi connectivity index (χ2v) is 8.17. The van der Waals surface area contributed by atoms with E-state index in [1.165, 1.54) is 23.9 Å². The first-order chi connectivity index (χ1) is 14.4. The molecule has 0 bridgehead atoms. The first kappa shape index (κ1) is 21.8. The van der Waals surface area contributed by atoms with Crippen LogP contribution < -0.4 is 5.32 Å². The van der Waals surface area contributed by atoms with Crippen LogP contribution in [0.4, 0.5) is 5.69 Å². The van der Waals surface area contributed by atoms with E-state index in [1.54, 1.807) is 30.5 Å². The molecule has 8 nitrogen and oxygen atoms in total. The molecule has 1 amide bonds. The molecule has 1 heterocycles. The van der Waals surface area contributed by atoms with E-state index < -0.39 is 16.3 Å². The zero-order valence-corrected chi connectivity index (χ0v) is 17.9. The number of thioether (sulfide) groups is 1. The van der Waals surface area contributed by atoms with Gasteiger partial charge in [-0.3, -0.25) is 19.5 Å². The van der Waals surface area contributed by atoms with Gasteiger partial charge in [-0.1, -0.05) is 42.1 Å². The number of amides is 1. The van der Waals surface area contributed by atoms with E-state index in [0.717, 1.165) is 5.56 Å². The van der Waals surface area contributed by atoms with Crippen LogP contribution in [-0.2, 0) is 10.5 Å². The van der Waals surface area contributed by atoms with Gasteiger partial charge in [-0.05, 0) is 31.5 Å². The highest BCUT2D eigenvalue weighted by Crippen LogP contribution is 2.28. The lowest BCUT2D eigenvalue weighted by molar-refractivity contribution is -0.384. The summed E-state index contributed by atoms with van der Waals surface area (Å²) in [6, 6.07) is 15.6. The number of hydrogen-bond donors (Lipinski definition) is 1. The summed E-state index contributed by atoms with van der Waals surface area (Å²) in [5.74, 6) is 0.858. The highest BCUT2D eigenvalue weighted by molar-refractivity contribution is 7.98. The molecule has 0 saturated heterocycles. The summed E-state index contributed by atoms with van der Waals surface area (Å²) in [4.78, 5) is 22.6. The number of nitro benzene ring substituents is 1. The number of nitro groups is 1. The average molecular weight is 446 g/mol. The number of carbonyl (C=O) groups excluding carboxylic acids is 1. The standard InChI is InChI=1S/C20H20ClN5O3S/c1-13(21)19(27)22-14(2)18-23-24-20(30-12-15-6-4-3-5-7-15)25(18)16-8-10-17(11-9-16)26(28)29/h3-11,13-14H,12H2,1-2H3,(H,22,27). The lowest BCUT2D eigenvalue weighted by Crippen LogP contribution is -2.33. The van der Waals surface area contributed by atoms with E-state index in [2.05, 4.69) is 15.5 Å². The summed E-state index contributed by atoms with van der Waals surface area (Å²) in [7, 11) is 0. The molecule has 30 heavy (non-hydrogen) atoms. The fourth-order valence-corrected chi connectivity index (χ4v) is 3.71. The van der Waals surface area contributed by atoms with Crippen LogP contribution >= 0.6 is 23.4 Å². The molecule has 1 aromatic heterocycles. The predicted molar refractivity (Wildman–Crippen MR) is 116 cm³/mol. The number of aromatic nitrogens is 3.